The standard InChI is InChI=1S/C19H13BrN2O6/c20-11-3-6-14-13(9-11)17(24)15-16(10-1-4-12(5-2-10)22(26)27)21(7-8-23)19(25)18(15)28-14/h1-6,9,16,23H,7-8H2. The highest BCUT2D eigenvalue weighted by Crippen LogP contribution is 2.38. The van der Waals surface area contributed by atoms with Crippen LogP contribution >= 0.6 is 15.9 Å². The number of aliphatic hydroxyl groups excluding tert-OH is 1. The third kappa shape index (κ3) is 2.79. The maximum absolute atomic E-state index is 13.2. The molecular weight excluding hydrogens is 432 g/mol. The van der Waals surface area contributed by atoms with Crippen LogP contribution in [0.5, 0.6) is 0 Å². The highest BCUT2D eigenvalue weighted by Gasteiger charge is 2.42. The second-order valence-electron chi connectivity index (χ2n) is 6.29. The van der Waals surface area contributed by atoms with Crippen molar-refractivity contribution in [2.24, 2.45) is 0 Å². The van der Waals surface area contributed by atoms with Crippen LogP contribution in [0.3, 0.4) is 0 Å². The van der Waals surface area contributed by atoms with Gasteiger partial charge < -0.3 is 14.4 Å². The number of non-ortho nitro benzene ring substituents is 1. The molecule has 0 saturated heterocycles. The van der Waals surface area contributed by atoms with Gasteiger partial charge >= 0.3 is 0 Å². The lowest BCUT2D eigenvalue weighted by Crippen LogP contribution is -2.32. The molecule has 1 aromatic heterocycles. The van der Waals surface area contributed by atoms with Crippen molar-refractivity contribution in [3.63, 3.8) is 0 Å². The summed E-state index contributed by atoms with van der Waals surface area (Å²) in [6, 6.07) is 9.76. The van der Waals surface area contributed by atoms with Crippen LogP contribution in [-0.2, 0) is 0 Å². The molecule has 142 valence electrons. The predicted octanol–water partition coefficient (Wildman–Crippen LogP) is 3.00. The predicted molar refractivity (Wildman–Crippen MR) is 103 cm³/mol. The normalized spacial score (nSPS) is 15.9. The number of nitrogens with zero attached hydrogens (tertiary/aromatic N) is 2. The van der Waals surface area contributed by atoms with E-state index >= 15 is 0 Å². The molecule has 1 atom stereocenters. The van der Waals surface area contributed by atoms with Gasteiger partial charge in [0.15, 0.2) is 5.43 Å². The first-order valence-electron chi connectivity index (χ1n) is 8.35. The second kappa shape index (κ2) is 6.84. The maximum Gasteiger partial charge on any atom is 0.290 e. The fourth-order valence-corrected chi connectivity index (χ4v) is 3.82. The largest absolute Gasteiger partial charge is 0.450 e. The molecule has 9 heteroatoms. The van der Waals surface area contributed by atoms with Gasteiger partial charge in [0.2, 0.25) is 5.76 Å². The Morgan fingerprint density at radius 2 is 1.89 bits per heavy atom. The van der Waals surface area contributed by atoms with Crippen LogP contribution in [-0.4, -0.2) is 34.0 Å². The second-order valence-corrected chi connectivity index (χ2v) is 7.20. The Balaban J connectivity index is 1.96. The van der Waals surface area contributed by atoms with Gasteiger partial charge in [0, 0.05) is 23.2 Å². The van der Waals surface area contributed by atoms with E-state index in [1.165, 1.54) is 29.2 Å². The molecule has 3 aromatic rings. The highest BCUT2D eigenvalue weighted by molar-refractivity contribution is 9.10. The Morgan fingerprint density at radius 3 is 2.54 bits per heavy atom. The number of fused-ring (bicyclic) bond motifs is 2. The van der Waals surface area contributed by atoms with Crippen molar-refractivity contribution in [1.82, 2.24) is 4.90 Å². The number of aliphatic hydroxyl groups is 1. The summed E-state index contributed by atoms with van der Waals surface area (Å²) in [6.45, 7) is -0.313. The number of amides is 1. The number of nitro benzene ring substituents is 1. The Morgan fingerprint density at radius 1 is 1.18 bits per heavy atom. The van der Waals surface area contributed by atoms with Gasteiger partial charge in [-0.3, -0.25) is 19.7 Å². The number of benzene rings is 2. The monoisotopic (exact) mass is 444 g/mol. The maximum atomic E-state index is 13.2. The quantitative estimate of drug-likeness (QED) is 0.488. The van der Waals surface area contributed by atoms with E-state index in [0.29, 0.717) is 15.4 Å². The first-order valence-corrected chi connectivity index (χ1v) is 9.14. The zero-order chi connectivity index (χ0) is 20.0. The molecule has 0 aliphatic carbocycles. The zero-order valence-electron chi connectivity index (χ0n) is 14.3. The van der Waals surface area contributed by atoms with E-state index in [9.17, 15) is 24.8 Å². The Bertz CT molecular complexity index is 1170. The van der Waals surface area contributed by atoms with Gasteiger partial charge in [-0.25, -0.2) is 0 Å². The van der Waals surface area contributed by atoms with E-state index < -0.39 is 16.9 Å². The minimum absolute atomic E-state index is 0.00975. The fraction of sp³-hybridized carbons (Fsp3) is 0.158. The molecule has 0 radical (unpaired) electrons. The van der Waals surface area contributed by atoms with Crippen LogP contribution in [0.4, 0.5) is 5.69 Å². The van der Waals surface area contributed by atoms with E-state index in [0.717, 1.165) is 0 Å². The molecule has 2 heterocycles. The van der Waals surface area contributed by atoms with Crippen molar-refractivity contribution in [2.75, 3.05) is 13.2 Å². The summed E-state index contributed by atoms with van der Waals surface area (Å²) in [5.74, 6) is -0.578. The number of carbonyl (C=O) groups excluding carboxylic acids is 1. The molecule has 1 aliphatic rings. The van der Waals surface area contributed by atoms with Crippen molar-refractivity contribution in [3.05, 3.63) is 84.2 Å². The van der Waals surface area contributed by atoms with Crippen molar-refractivity contribution >= 4 is 38.5 Å². The summed E-state index contributed by atoms with van der Waals surface area (Å²) in [5, 5.41) is 20.6. The Labute approximate surface area is 166 Å². The number of hydrogen-bond acceptors (Lipinski definition) is 6. The summed E-state index contributed by atoms with van der Waals surface area (Å²) in [7, 11) is 0. The molecular formula is C19H13BrN2O6. The van der Waals surface area contributed by atoms with Crippen LogP contribution in [0.2, 0.25) is 0 Å². The summed E-state index contributed by atoms with van der Waals surface area (Å²) >= 11 is 3.32. The van der Waals surface area contributed by atoms with E-state index in [-0.39, 0.29) is 41.2 Å². The SMILES string of the molecule is O=C1c2oc3ccc(Br)cc3c(=O)c2C(c2ccc([N+](=O)[O-])cc2)N1CCO. The highest BCUT2D eigenvalue weighted by atomic mass is 79.9. The van der Waals surface area contributed by atoms with Crippen LogP contribution in [0.1, 0.15) is 27.7 Å². The lowest BCUT2D eigenvalue weighted by atomic mass is 9.98. The van der Waals surface area contributed by atoms with E-state index in [1.807, 2.05) is 0 Å². The van der Waals surface area contributed by atoms with Gasteiger partial charge in [-0.1, -0.05) is 15.9 Å². The number of rotatable bonds is 4. The molecule has 8 nitrogen and oxygen atoms in total. The number of nitro groups is 1. The molecule has 2 aromatic carbocycles. The van der Waals surface area contributed by atoms with Gasteiger partial charge in [-0.05, 0) is 35.9 Å². The average molecular weight is 445 g/mol. The summed E-state index contributed by atoms with van der Waals surface area (Å²) < 4.78 is 6.43. The van der Waals surface area contributed by atoms with Crippen molar-refractivity contribution in [3.8, 4) is 0 Å². The fourth-order valence-electron chi connectivity index (χ4n) is 3.46. The average Bonchev–Trinajstić information content (AvgIpc) is 2.95. The Hall–Kier alpha value is -3.04. The van der Waals surface area contributed by atoms with Crippen molar-refractivity contribution < 1.29 is 19.2 Å². The molecule has 1 aliphatic heterocycles. The molecule has 4 rings (SSSR count). The van der Waals surface area contributed by atoms with Gasteiger partial charge in [0.1, 0.15) is 5.58 Å². The van der Waals surface area contributed by atoms with Gasteiger partial charge in [-0.15, -0.1) is 0 Å². The van der Waals surface area contributed by atoms with Crippen molar-refractivity contribution in [2.45, 2.75) is 6.04 Å². The minimum atomic E-state index is -0.796. The van der Waals surface area contributed by atoms with Crippen LogP contribution in [0, 0.1) is 10.1 Å². The van der Waals surface area contributed by atoms with Gasteiger partial charge in [-0.2, -0.15) is 0 Å². The number of halogens is 1. The topological polar surface area (TPSA) is 114 Å². The molecule has 28 heavy (non-hydrogen) atoms. The van der Waals surface area contributed by atoms with Crippen LogP contribution in [0.15, 0.2) is 56.1 Å². The molecule has 0 bridgehead atoms. The van der Waals surface area contributed by atoms with Gasteiger partial charge in [0.05, 0.1) is 28.5 Å². The molecule has 0 fully saturated rings. The number of carbonyl (C=O) groups is 1. The van der Waals surface area contributed by atoms with E-state index in [2.05, 4.69) is 15.9 Å². The zero-order valence-corrected chi connectivity index (χ0v) is 15.9. The summed E-state index contributed by atoms with van der Waals surface area (Å²) in [5.41, 5.74) is 0.519. The minimum Gasteiger partial charge on any atom is -0.450 e. The molecule has 1 unspecified atom stereocenters. The molecule has 0 spiro atoms. The first kappa shape index (κ1) is 18.3. The number of β-amino-alcohol motifs (C(OH)–C–C–N with tert-alkyl or cyclic N) is 1. The lowest BCUT2D eigenvalue weighted by Gasteiger charge is -2.24. The smallest absolute Gasteiger partial charge is 0.290 e. The third-order valence-electron chi connectivity index (χ3n) is 4.69. The third-order valence-corrected chi connectivity index (χ3v) is 5.18. The number of hydrogen-bond donors (Lipinski definition) is 1. The molecule has 1 amide bonds. The molecule has 0 saturated carbocycles. The Kier molecular flexibility index (Phi) is 4.48. The van der Waals surface area contributed by atoms with Gasteiger partial charge in [0.25, 0.3) is 11.6 Å². The van der Waals surface area contributed by atoms with E-state index in [1.54, 1.807) is 18.2 Å². The molecule has 1 N–H and O–H groups in total. The summed E-state index contributed by atoms with van der Waals surface area (Å²) in [4.78, 5) is 37.8. The lowest BCUT2D eigenvalue weighted by molar-refractivity contribution is -0.384. The van der Waals surface area contributed by atoms with Crippen LogP contribution < -0.4 is 5.43 Å². The first-order chi connectivity index (χ1) is 13.4. The van der Waals surface area contributed by atoms with Crippen molar-refractivity contribution in [1.29, 1.82) is 0 Å². The van der Waals surface area contributed by atoms with Crippen LogP contribution in [0.25, 0.3) is 11.0 Å². The van der Waals surface area contributed by atoms with E-state index in [4.69, 9.17) is 4.42 Å². The summed E-state index contributed by atoms with van der Waals surface area (Å²) in [6.07, 6.45) is 0.